The van der Waals surface area contributed by atoms with Crippen molar-refractivity contribution in [1.29, 1.82) is 0 Å². The molecule has 1 fully saturated rings. The SMILES string of the molecule is Cc1ccc(N(CC(=O)O)C2CCCC2)nn1. The van der Waals surface area contributed by atoms with Crippen LogP contribution in [0.25, 0.3) is 0 Å². The van der Waals surface area contributed by atoms with E-state index in [1.54, 1.807) is 0 Å². The maximum Gasteiger partial charge on any atom is 0.323 e. The largest absolute Gasteiger partial charge is 0.480 e. The van der Waals surface area contributed by atoms with Crippen molar-refractivity contribution in [1.82, 2.24) is 10.2 Å². The molecule has 1 aliphatic carbocycles. The third-order valence-corrected chi connectivity index (χ3v) is 3.15. The quantitative estimate of drug-likeness (QED) is 0.859. The summed E-state index contributed by atoms with van der Waals surface area (Å²) in [6.45, 7) is 1.87. The second-order valence-corrected chi connectivity index (χ2v) is 4.49. The molecule has 0 aromatic carbocycles. The van der Waals surface area contributed by atoms with E-state index in [0.29, 0.717) is 11.9 Å². The van der Waals surface area contributed by atoms with Crippen LogP contribution in [0, 0.1) is 6.92 Å². The Labute approximate surface area is 100 Å². The fourth-order valence-electron chi connectivity index (χ4n) is 2.30. The van der Waals surface area contributed by atoms with Gasteiger partial charge in [0.1, 0.15) is 6.54 Å². The summed E-state index contributed by atoms with van der Waals surface area (Å²) in [5.74, 6) is -0.149. The van der Waals surface area contributed by atoms with Gasteiger partial charge in [0, 0.05) is 6.04 Å². The fraction of sp³-hybridized carbons (Fsp3) is 0.583. The second-order valence-electron chi connectivity index (χ2n) is 4.49. The Balaban J connectivity index is 2.19. The number of hydrogen-bond acceptors (Lipinski definition) is 4. The van der Waals surface area contributed by atoms with Crippen molar-refractivity contribution in [3.05, 3.63) is 17.8 Å². The van der Waals surface area contributed by atoms with Crippen LogP contribution in [0.5, 0.6) is 0 Å². The highest BCUT2D eigenvalue weighted by Crippen LogP contribution is 2.26. The van der Waals surface area contributed by atoms with E-state index >= 15 is 0 Å². The highest BCUT2D eigenvalue weighted by atomic mass is 16.4. The van der Waals surface area contributed by atoms with Crippen LogP contribution in [0.15, 0.2) is 12.1 Å². The van der Waals surface area contributed by atoms with Crippen molar-refractivity contribution < 1.29 is 9.90 Å². The highest BCUT2D eigenvalue weighted by molar-refractivity contribution is 5.73. The number of carboxylic acids is 1. The Kier molecular flexibility index (Phi) is 3.56. The smallest absolute Gasteiger partial charge is 0.323 e. The number of carbonyl (C=O) groups is 1. The summed E-state index contributed by atoms with van der Waals surface area (Å²) in [5.41, 5.74) is 0.843. The van der Waals surface area contributed by atoms with Crippen LogP contribution in [0.2, 0.25) is 0 Å². The lowest BCUT2D eigenvalue weighted by Gasteiger charge is -2.27. The molecule has 17 heavy (non-hydrogen) atoms. The molecule has 5 nitrogen and oxygen atoms in total. The van der Waals surface area contributed by atoms with E-state index in [4.69, 9.17) is 5.11 Å². The molecule has 0 bridgehead atoms. The Morgan fingerprint density at radius 2 is 2.12 bits per heavy atom. The number of aromatic nitrogens is 2. The van der Waals surface area contributed by atoms with Crippen LogP contribution in [-0.4, -0.2) is 33.9 Å². The lowest BCUT2D eigenvalue weighted by atomic mass is 10.2. The Morgan fingerprint density at radius 1 is 1.41 bits per heavy atom. The predicted octanol–water partition coefficient (Wildman–Crippen LogP) is 1.62. The van der Waals surface area contributed by atoms with Crippen molar-refractivity contribution >= 4 is 11.8 Å². The normalized spacial score (nSPS) is 16.1. The summed E-state index contributed by atoms with van der Waals surface area (Å²) in [6, 6.07) is 4.01. The van der Waals surface area contributed by atoms with E-state index in [1.165, 1.54) is 12.8 Å². The summed E-state index contributed by atoms with van der Waals surface area (Å²) < 4.78 is 0. The molecule has 0 radical (unpaired) electrons. The van der Waals surface area contributed by atoms with E-state index in [9.17, 15) is 4.79 Å². The molecule has 1 aromatic rings. The first kappa shape index (κ1) is 11.8. The average molecular weight is 235 g/mol. The van der Waals surface area contributed by atoms with Crippen molar-refractivity contribution in [2.75, 3.05) is 11.4 Å². The molecule has 1 heterocycles. The van der Waals surface area contributed by atoms with Crippen molar-refractivity contribution in [3.63, 3.8) is 0 Å². The van der Waals surface area contributed by atoms with Crippen LogP contribution in [-0.2, 0) is 4.79 Å². The summed E-state index contributed by atoms with van der Waals surface area (Å²) >= 11 is 0. The molecular weight excluding hydrogens is 218 g/mol. The maximum atomic E-state index is 10.9. The van der Waals surface area contributed by atoms with Gasteiger partial charge in [-0.3, -0.25) is 4.79 Å². The van der Waals surface area contributed by atoms with E-state index < -0.39 is 5.97 Å². The second kappa shape index (κ2) is 5.12. The molecule has 92 valence electrons. The minimum Gasteiger partial charge on any atom is -0.480 e. The zero-order valence-electron chi connectivity index (χ0n) is 9.96. The Hall–Kier alpha value is -1.65. The summed E-state index contributed by atoms with van der Waals surface area (Å²) in [4.78, 5) is 12.8. The van der Waals surface area contributed by atoms with Crippen molar-refractivity contribution in [3.8, 4) is 0 Å². The number of aliphatic carboxylic acids is 1. The zero-order chi connectivity index (χ0) is 12.3. The number of anilines is 1. The van der Waals surface area contributed by atoms with Crippen LogP contribution in [0.4, 0.5) is 5.82 Å². The van der Waals surface area contributed by atoms with Gasteiger partial charge in [-0.2, -0.15) is 5.10 Å². The molecule has 0 spiro atoms. The van der Waals surface area contributed by atoms with Crippen LogP contribution >= 0.6 is 0 Å². The van der Waals surface area contributed by atoms with E-state index in [0.717, 1.165) is 18.5 Å². The first-order chi connectivity index (χ1) is 8.16. The van der Waals surface area contributed by atoms with Crippen molar-refractivity contribution in [2.24, 2.45) is 0 Å². The summed E-state index contributed by atoms with van der Waals surface area (Å²) in [6.07, 6.45) is 4.42. The topological polar surface area (TPSA) is 66.3 Å². The van der Waals surface area contributed by atoms with Gasteiger partial charge in [-0.15, -0.1) is 5.10 Å². The monoisotopic (exact) mass is 235 g/mol. The molecule has 0 aliphatic heterocycles. The third kappa shape index (κ3) is 2.93. The maximum absolute atomic E-state index is 10.9. The molecule has 1 saturated carbocycles. The number of nitrogens with zero attached hydrogens (tertiary/aromatic N) is 3. The van der Waals surface area contributed by atoms with Gasteiger partial charge in [-0.05, 0) is 31.9 Å². The molecule has 1 N–H and O–H groups in total. The van der Waals surface area contributed by atoms with Crippen LogP contribution in [0.1, 0.15) is 31.4 Å². The number of rotatable bonds is 4. The van der Waals surface area contributed by atoms with Gasteiger partial charge in [0.2, 0.25) is 0 Å². The number of carboxylic acid groups (broad SMARTS) is 1. The van der Waals surface area contributed by atoms with E-state index in [-0.39, 0.29) is 6.54 Å². The van der Waals surface area contributed by atoms with Gasteiger partial charge in [0.15, 0.2) is 5.82 Å². The van der Waals surface area contributed by atoms with Gasteiger partial charge in [-0.1, -0.05) is 12.8 Å². The minimum atomic E-state index is -0.820. The van der Waals surface area contributed by atoms with Gasteiger partial charge in [0.05, 0.1) is 5.69 Å². The lowest BCUT2D eigenvalue weighted by Crippen LogP contribution is -2.38. The Morgan fingerprint density at radius 3 is 2.65 bits per heavy atom. The standard InChI is InChI=1S/C12H17N3O2/c1-9-6-7-11(14-13-9)15(8-12(16)17)10-4-2-3-5-10/h6-7,10H,2-5,8H2,1H3,(H,16,17). The first-order valence-electron chi connectivity index (χ1n) is 5.95. The third-order valence-electron chi connectivity index (χ3n) is 3.15. The molecule has 1 aromatic heterocycles. The summed E-state index contributed by atoms with van der Waals surface area (Å²) in [7, 11) is 0. The first-order valence-corrected chi connectivity index (χ1v) is 5.95. The van der Waals surface area contributed by atoms with Gasteiger partial charge < -0.3 is 10.0 Å². The molecular formula is C12H17N3O2. The minimum absolute atomic E-state index is 0.00239. The highest BCUT2D eigenvalue weighted by Gasteiger charge is 2.25. The molecule has 0 atom stereocenters. The van der Waals surface area contributed by atoms with E-state index in [1.807, 2.05) is 24.0 Å². The van der Waals surface area contributed by atoms with Gasteiger partial charge >= 0.3 is 5.97 Å². The zero-order valence-corrected chi connectivity index (χ0v) is 9.96. The predicted molar refractivity (Wildman–Crippen MR) is 64.0 cm³/mol. The average Bonchev–Trinajstić information content (AvgIpc) is 2.80. The van der Waals surface area contributed by atoms with Crippen LogP contribution < -0.4 is 4.90 Å². The van der Waals surface area contributed by atoms with Gasteiger partial charge in [-0.25, -0.2) is 0 Å². The van der Waals surface area contributed by atoms with Crippen molar-refractivity contribution in [2.45, 2.75) is 38.6 Å². The number of aryl methyl sites for hydroxylation is 1. The number of hydrogen-bond donors (Lipinski definition) is 1. The summed E-state index contributed by atoms with van der Waals surface area (Å²) in [5, 5.41) is 17.1. The molecule has 0 amide bonds. The van der Waals surface area contributed by atoms with Gasteiger partial charge in [0.25, 0.3) is 0 Å². The molecule has 2 rings (SSSR count). The molecule has 1 aliphatic rings. The Bertz CT molecular complexity index is 385. The molecule has 0 saturated heterocycles. The van der Waals surface area contributed by atoms with E-state index in [2.05, 4.69) is 10.2 Å². The lowest BCUT2D eigenvalue weighted by molar-refractivity contribution is -0.135. The molecule has 5 heteroatoms. The van der Waals surface area contributed by atoms with Crippen LogP contribution in [0.3, 0.4) is 0 Å². The molecule has 0 unspecified atom stereocenters. The fourth-order valence-corrected chi connectivity index (χ4v) is 2.30.